The van der Waals surface area contributed by atoms with Gasteiger partial charge in [-0.05, 0) is 26.2 Å². The Morgan fingerprint density at radius 3 is 2.62 bits per heavy atom. The maximum Gasteiger partial charge on any atom is 0.241 e. The predicted molar refractivity (Wildman–Crippen MR) is 95.5 cm³/mol. The SMILES string of the molecule is CC1CC(C(=O)N2CCC3(CC2)c2nc[nH]c2CCN3S(C)(=O)=O)NN1. The number of hydrogen-bond donors (Lipinski definition) is 3. The molecule has 2 saturated heterocycles. The van der Waals surface area contributed by atoms with E-state index in [0.717, 1.165) is 17.8 Å². The molecule has 144 valence electrons. The van der Waals surface area contributed by atoms with Crippen molar-refractivity contribution < 1.29 is 13.2 Å². The summed E-state index contributed by atoms with van der Waals surface area (Å²) in [7, 11) is -3.36. The van der Waals surface area contributed by atoms with Crippen LogP contribution >= 0.6 is 0 Å². The second kappa shape index (κ2) is 6.29. The van der Waals surface area contributed by atoms with Gasteiger partial charge in [0, 0.05) is 37.8 Å². The normalized spacial score (nSPS) is 29.1. The van der Waals surface area contributed by atoms with Crippen LogP contribution in [0.3, 0.4) is 0 Å². The van der Waals surface area contributed by atoms with Gasteiger partial charge in [0.2, 0.25) is 15.9 Å². The van der Waals surface area contributed by atoms with Crippen molar-refractivity contribution in [2.24, 2.45) is 0 Å². The number of H-pyrrole nitrogens is 1. The molecule has 2 fully saturated rings. The van der Waals surface area contributed by atoms with Crippen LogP contribution in [-0.2, 0) is 26.8 Å². The van der Waals surface area contributed by atoms with Gasteiger partial charge in [0.15, 0.2) is 0 Å². The largest absolute Gasteiger partial charge is 0.348 e. The van der Waals surface area contributed by atoms with Gasteiger partial charge in [-0.15, -0.1) is 0 Å². The number of nitrogens with zero attached hydrogens (tertiary/aromatic N) is 3. The van der Waals surface area contributed by atoms with Crippen LogP contribution in [-0.4, -0.2) is 71.5 Å². The number of hydrogen-bond acceptors (Lipinski definition) is 6. The molecule has 2 unspecified atom stereocenters. The van der Waals surface area contributed by atoms with Crippen LogP contribution in [0.4, 0.5) is 0 Å². The third kappa shape index (κ3) is 2.84. The third-order valence-corrected chi connectivity index (χ3v) is 7.23. The van der Waals surface area contributed by atoms with Crippen molar-refractivity contribution in [1.29, 1.82) is 0 Å². The Kier molecular flexibility index (Phi) is 4.33. The van der Waals surface area contributed by atoms with Crippen molar-refractivity contribution in [2.45, 2.75) is 50.2 Å². The quantitative estimate of drug-likeness (QED) is 0.624. The number of sulfonamides is 1. The van der Waals surface area contributed by atoms with E-state index in [-0.39, 0.29) is 18.0 Å². The van der Waals surface area contributed by atoms with Gasteiger partial charge in [-0.25, -0.2) is 18.8 Å². The van der Waals surface area contributed by atoms with E-state index in [1.807, 2.05) is 11.8 Å². The molecule has 9 nitrogen and oxygen atoms in total. The zero-order valence-corrected chi connectivity index (χ0v) is 16.0. The van der Waals surface area contributed by atoms with Gasteiger partial charge in [-0.2, -0.15) is 4.31 Å². The first-order chi connectivity index (χ1) is 12.3. The number of nitrogens with one attached hydrogen (secondary N) is 3. The Morgan fingerprint density at radius 1 is 1.27 bits per heavy atom. The standard InChI is InChI=1S/C16H26N6O3S/c1-11-9-13(20-19-11)15(23)21-7-4-16(5-8-21)14-12(17-10-18-14)3-6-22(16)26(2,24)25/h10-11,13,19-20H,3-9H2,1-2H3,(H,17,18). The maximum atomic E-state index is 12.8. The average Bonchev–Trinajstić information content (AvgIpc) is 3.23. The van der Waals surface area contributed by atoms with Gasteiger partial charge < -0.3 is 9.88 Å². The number of amides is 1. The summed E-state index contributed by atoms with van der Waals surface area (Å²) >= 11 is 0. The van der Waals surface area contributed by atoms with E-state index in [1.165, 1.54) is 6.26 Å². The van der Waals surface area contributed by atoms with Crippen LogP contribution in [0.15, 0.2) is 6.33 Å². The molecule has 3 aliphatic rings. The number of hydrazine groups is 1. The van der Waals surface area contributed by atoms with Gasteiger partial charge >= 0.3 is 0 Å². The first-order valence-electron chi connectivity index (χ1n) is 9.12. The minimum absolute atomic E-state index is 0.0840. The summed E-state index contributed by atoms with van der Waals surface area (Å²) in [5, 5.41) is 0. The molecule has 1 spiro atoms. The number of rotatable bonds is 2. The lowest BCUT2D eigenvalue weighted by Gasteiger charge is -2.49. The highest BCUT2D eigenvalue weighted by Gasteiger charge is 2.51. The molecule has 1 aromatic rings. The van der Waals surface area contributed by atoms with Crippen LogP contribution < -0.4 is 10.9 Å². The number of carbonyl (C=O) groups is 1. The van der Waals surface area contributed by atoms with E-state index in [4.69, 9.17) is 0 Å². The monoisotopic (exact) mass is 382 g/mol. The van der Waals surface area contributed by atoms with Crippen molar-refractivity contribution >= 4 is 15.9 Å². The molecule has 0 aromatic carbocycles. The van der Waals surface area contributed by atoms with Crippen molar-refractivity contribution in [3.8, 4) is 0 Å². The summed E-state index contributed by atoms with van der Waals surface area (Å²) in [6, 6.07) is 0.0585. The summed E-state index contributed by atoms with van der Waals surface area (Å²) in [5.41, 5.74) is 7.33. The third-order valence-electron chi connectivity index (χ3n) is 5.90. The molecular formula is C16H26N6O3S. The molecule has 0 saturated carbocycles. The molecule has 1 amide bonds. The zero-order chi connectivity index (χ0) is 18.5. The summed E-state index contributed by atoms with van der Waals surface area (Å²) in [4.78, 5) is 22.2. The topological polar surface area (TPSA) is 110 Å². The summed E-state index contributed by atoms with van der Waals surface area (Å²) < 4.78 is 26.5. The van der Waals surface area contributed by atoms with E-state index < -0.39 is 15.6 Å². The molecule has 0 aliphatic carbocycles. The Bertz CT molecular complexity index is 799. The summed E-state index contributed by atoms with van der Waals surface area (Å²) in [6.45, 7) is 3.55. The molecular weight excluding hydrogens is 356 g/mol. The van der Waals surface area contributed by atoms with Crippen molar-refractivity contribution in [1.82, 2.24) is 30.0 Å². The van der Waals surface area contributed by atoms with Gasteiger partial charge in [-0.3, -0.25) is 10.2 Å². The molecule has 4 rings (SSSR count). The molecule has 2 atom stereocenters. The van der Waals surface area contributed by atoms with Gasteiger partial charge in [0.1, 0.15) is 6.04 Å². The minimum atomic E-state index is -3.36. The highest BCUT2D eigenvalue weighted by Crippen LogP contribution is 2.43. The highest BCUT2D eigenvalue weighted by atomic mass is 32.2. The number of piperidine rings is 1. The second-order valence-electron chi connectivity index (χ2n) is 7.65. The van der Waals surface area contributed by atoms with Gasteiger partial charge in [0.05, 0.1) is 23.8 Å². The highest BCUT2D eigenvalue weighted by molar-refractivity contribution is 7.88. The number of carbonyl (C=O) groups excluding carboxylic acids is 1. The van der Waals surface area contributed by atoms with Gasteiger partial charge in [0.25, 0.3) is 0 Å². The summed E-state index contributed by atoms with van der Waals surface area (Å²) in [5.74, 6) is 0.0840. The second-order valence-corrected chi connectivity index (χ2v) is 9.56. The van der Waals surface area contributed by atoms with Crippen molar-refractivity contribution in [3.63, 3.8) is 0 Å². The molecule has 26 heavy (non-hydrogen) atoms. The lowest BCUT2D eigenvalue weighted by molar-refractivity contribution is -0.135. The molecule has 0 bridgehead atoms. The van der Waals surface area contributed by atoms with Crippen LogP contribution in [0.1, 0.15) is 37.6 Å². The fourth-order valence-electron chi connectivity index (χ4n) is 4.62. The van der Waals surface area contributed by atoms with E-state index in [2.05, 4.69) is 20.8 Å². The van der Waals surface area contributed by atoms with Crippen molar-refractivity contribution in [2.75, 3.05) is 25.9 Å². The molecule has 3 N–H and O–H groups in total. The number of likely N-dealkylation sites (tertiary alicyclic amines) is 1. The van der Waals surface area contributed by atoms with E-state index >= 15 is 0 Å². The van der Waals surface area contributed by atoms with Gasteiger partial charge in [-0.1, -0.05) is 0 Å². The fraction of sp³-hybridized carbons (Fsp3) is 0.750. The Morgan fingerprint density at radius 2 is 2.00 bits per heavy atom. The number of aromatic amines is 1. The molecule has 4 heterocycles. The molecule has 0 radical (unpaired) electrons. The predicted octanol–water partition coefficient (Wildman–Crippen LogP) is -0.700. The fourth-order valence-corrected chi connectivity index (χ4v) is 5.95. The minimum Gasteiger partial charge on any atom is -0.348 e. The number of fused-ring (bicyclic) bond motifs is 2. The zero-order valence-electron chi connectivity index (χ0n) is 15.2. The van der Waals surface area contributed by atoms with E-state index in [9.17, 15) is 13.2 Å². The number of aromatic nitrogens is 2. The number of imidazole rings is 1. The smallest absolute Gasteiger partial charge is 0.241 e. The first kappa shape index (κ1) is 17.9. The first-order valence-corrected chi connectivity index (χ1v) is 11.0. The molecule has 10 heteroatoms. The van der Waals surface area contributed by atoms with E-state index in [0.29, 0.717) is 38.9 Å². The van der Waals surface area contributed by atoms with E-state index in [1.54, 1.807) is 10.6 Å². The lowest BCUT2D eigenvalue weighted by Crippen LogP contribution is -2.59. The molecule has 1 aromatic heterocycles. The van der Waals surface area contributed by atoms with Crippen LogP contribution in [0.2, 0.25) is 0 Å². The van der Waals surface area contributed by atoms with Crippen LogP contribution in [0.25, 0.3) is 0 Å². The van der Waals surface area contributed by atoms with Crippen LogP contribution in [0, 0.1) is 0 Å². The molecule has 3 aliphatic heterocycles. The summed E-state index contributed by atoms with van der Waals surface area (Å²) in [6.07, 6.45) is 5.45. The van der Waals surface area contributed by atoms with Crippen LogP contribution in [0.5, 0.6) is 0 Å². The Labute approximate surface area is 153 Å². The Hall–Kier alpha value is -1.49. The lowest BCUT2D eigenvalue weighted by atomic mass is 9.80. The van der Waals surface area contributed by atoms with Crippen molar-refractivity contribution in [3.05, 3.63) is 17.7 Å². The average molecular weight is 382 g/mol. The Balaban J connectivity index is 1.57. The maximum absolute atomic E-state index is 12.8.